The highest BCUT2D eigenvalue weighted by atomic mass is 35.5. The molecule has 1 aromatic carbocycles. The molecular formula is C15H15ClN2O2. The first-order valence-corrected chi connectivity index (χ1v) is 7.01. The Bertz CT molecular complexity index is 630. The molecule has 5 heteroatoms. The van der Waals surface area contributed by atoms with E-state index in [-0.39, 0.29) is 5.97 Å². The van der Waals surface area contributed by atoms with E-state index in [1.165, 1.54) is 13.5 Å². The molecule has 4 nitrogen and oxygen atoms in total. The van der Waals surface area contributed by atoms with E-state index < -0.39 is 0 Å². The molecule has 0 atom stereocenters. The molecule has 1 aliphatic rings. The minimum atomic E-state index is -0.342. The summed E-state index contributed by atoms with van der Waals surface area (Å²) in [6.45, 7) is 0. The summed E-state index contributed by atoms with van der Waals surface area (Å²) in [5, 5.41) is 8.00. The van der Waals surface area contributed by atoms with Gasteiger partial charge in [-0.25, -0.2) is 4.79 Å². The van der Waals surface area contributed by atoms with Crippen LogP contribution in [0.25, 0.3) is 11.3 Å². The Hall–Kier alpha value is -1.81. The van der Waals surface area contributed by atoms with Gasteiger partial charge < -0.3 is 4.74 Å². The molecule has 104 valence electrons. The van der Waals surface area contributed by atoms with Crippen molar-refractivity contribution in [3.8, 4) is 11.3 Å². The molecule has 1 aliphatic carbocycles. The largest absolute Gasteiger partial charge is 0.465 e. The Morgan fingerprint density at radius 3 is 2.60 bits per heavy atom. The Morgan fingerprint density at radius 1 is 1.35 bits per heavy atom. The van der Waals surface area contributed by atoms with Crippen LogP contribution < -0.4 is 0 Å². The zero-order valence-electron chi connectivity index (χ0n) is 11.1. The van der Waals surface area contributed by atoms with E-state index in [4.69, 9.17) is 16.3 Å². The van der Waals surface area contributed by atoms with Crippen LogP contribution in [0.3, 0.4) is 0 Å². The molecule has 0 saturated heterocycles. The van der Waals surface area contributed by atoms with Crippen molar-refractivity contribution in [1.29, 1.82) is 0 Å². The van der Waals surface area contributed by atoms with E-state index >= 15 is 0 Å². The van der Waals surface area contributed by atoms with Gasteiger partial charge in [0.05, 0.1) is 12.8 Å². The highest BCUT2D eigenvalue weighted by molar-refractivity contribution is 6.30. The van der Waals surface area contributed by atoms with Crippen LogP contribution in [0.15, 0.2) is 24.3 Å². The summed E-state index contributed by atoms with van der Waals surface area (Å²) < 4.78 is 4.91. The van der Waals surface area contributed by atoms with Gasteiger partial charge in [0.15, 0.2) is 0 Å². The van der Waals surface area contributed by atoms with Crippen LogP contribution in [0.2, 0.25) is 5.02 Å². The van der Waals surface area contributed by atoms with Gasteiger partial charge in [0.25, 0.3) is 0 Å². The van der Waals surface area contributed by atoms with Crippen LogP contribution in [0.1, 0.15) is 41.2 Å². The number of H-pyrrole nitrogens is 1. The van der Waals surface area contributed by atoms with Gasteiger partial charge in [0, 0.05) is 16.5 Å². The number of nitrogens with one attached hydrogen (secondary N) is 1. The normalized spacial score (nSPS) is 14.9. The number of methoxy groups -OCH3 is 1. The molecule has 20 heavy (non-hydrogen) atoms. The highest BCUT2D eigenvalue weighted by Crippen LogP contribution is 2.39. The lowest BCUT2D eigenvalue weighted by Crippen LogP contribution is -2.14. The Labute approximate surface area is 122 Å². The number of ether oxygens (including phenoxy) is 1. The monoisotopic (exact) mass is 290 g/mol. The fourth-order valence-electron chi connectivity index (χ4n) is 2.47. The summed E-state index contributed by atoms with van der Waals surface area (Å²) >= 11 is 5.90. The average Bonchev–Trinajstić information content (AvgIpc) is 2.81. The second-order valence-corrected chi connectivity index (χ2v) is 5.42. The number of aromatic amines is 1. The van der Waals surface area contributed by atoms with Gasteiger partial charge >= 0.3 is 5.97 Å². The van der Waals surface area contributed by atoms with E-state index in [9.17, 15) is 4.79 Å². The highest BCUT2D eigenvalue weighted by Gasteiger charge is 2.30. The van der Waals surface area contributed by atoms with Gasteiger partial charge in [0.1, 0.15) is 11.3 Å². The standard InChI is InChI=1S/C15H15ClN2O2/c1-20-15(19)12-13(9-3-2-4-9)17-18-14(12)10-5-7-11(16)8-6-10/h5-9H,2-4H2,1H3,(H,17,18). The maximum atomic E-state index is 12.1. The minimum absolute atomic E-state index is 0.342. The first-order chi connectivity index (χ1) is 9.70. The zero-order valence-corrected chi connectivity index (χ0v) is 11.9. The van der Waals surface area contributed by atoms with E-state index in [0.29, 0.717) is 22.2 Å². The van der Waals surface area contributed by atoms with Crippen molar-refractivity contribution in [1.82, 2.24) is 10.2 Å². The van der Waals surface area contributed by atoms with Gasteiger partial charge in [-0.05, 0) is 25.0 Å². The molecular weight excluding hydrogens is 276 g/mol. The molecule has 1 saturated carbocycles. The molecule has 0 aliphatic heterocycles. The van der Waals surface area contributed by atoms with Crippen LogP contribution in [0.4, 0.5) is 0 Å². The van der Waals surface area contributed by atoms with Crippen molar-refractivity contribution in [2.24, 2.45) is 0 Å². The number of hydrogen-bond donors (Lipinski definition) is 1. The van der Waals surface area contributed by atoms with Gasteiger partial charge in [-0.15, -0.1) is 0 Å². The molecule has 0 spiro atoms. The van der Waals surface area contributed by atoms with Crippen molar-refractivity contribution < 1.29 is 9.53 Å². The van der Waals surface area contributed by atoms with Crippen LogP contribution >= 0.6 is 11.6 Å². The Kier molecular flexibility index (Phi) is 3.49. The number of carbonyl (C=O) groups excluding carboxylic acids is 1. The molecule has 0 radical (unpaired) electrons. The lowest BCUT2D eigenvalue weighted by Gasteiger charge is -2.24. The van der Waals surface area contributed by atoms with Gasteiger partial charge in [-0.1, -0.05) is 30.2 Å². The molecule has 3 rings (SSSR count). The SMILES string of the molecule is COC(=O)c1c(-c2ccc(Cl)cc2)n[nH]c1C1CCC1. The minimum Gasteiger partial charge on any atom is -0.465 e. The molecule has 1 aromatic heterocycles. The molecule has 0 bridgehead atoms. The van der Waals surface area contributed by atoms with Crippen molar-refractivity contribution in [2.45, 2.75) is 25.2 Å². The summed E-state index contributed by atoms with van der Waals surface area (Å²) in [7, 11) is 1.39. The topological polar surface area (TPSA) is 55.0 Å². The maximum Gasteiger partial charge on any atom is 0.342 e. The number of esters is 1. The third kappa shape index (κ3) is 2.20. The smallest absolute Gasteiger partial charge is 0.342 e. The first kappa shape index (κ1) is 13.2. The fourth-order valence-corrected chi connectivity index (χ4v) is 2.60. The van der Waals surface area contributed by atoms with Crippen molar-refractivity contribution >= 4 is 17.6 Å². The quantitative estimate of drug-likeness (QED) is 0.875. The average molecular weight is 291 g/mol. The molecule has 0 unspecified atom stereocenters. The number of halogens is 1. The van der Waals surface area contributed by atoms with E-state index in [2.05, 4.69) is 10.2 Å². The van der Waals surface area contributed by atoms with E-state index in [1.807, 2.05) is 12.1 Å². The number of benzene rings is 1. The molecule has 1 N–H and O–H groups in total. The number of rotatable bonds is 3. The number of carbonyl (C=O) groups is 1. The molecule has 1 fully saturated rings. The van der Waals surface area contributed by atoms with Crippen LogP contribution in [-0.4, -0.2) is 23.3 Å². The Morgan fingerprint density at radius 2 is 2.05 bits per heavy atom. The third-order valence-electron chi connectivity index (χ3n) is 3.81. The van der Waals surface area contributed by atoms with Crippen LogP contribution in [-0.2, 0) is 4.74 Å². The summed E-state index contributed by atoms with van der Waals surface area (Å²) in [5.41, 5.74) is 2.94. The number of hydrogen-bond acceptors (Lipinski definition) is 3. The van der Waals surface area contributed by atoms with Crippen molar-refractivity contribution in [2.75, 3.05) is 7.11 Å². The molecule has 0 amide bonds. The van der Waals surface area contributed by atoms with Crippen molar-refractivity contribution in [3.05, 3.63) is 40.5 Å². The van der Waals surface area contributed by atoms with Gasteiger partial charge in [0.2, 0.25) is 0 Å². The van der Waals surface area contributed by atoms with E-state index in [0.717, 1.165) is 24.1 Å². The number of aromatic nitrogens is 2. The second kappa shape index (κ2) is 5.29. The first-order valence-electron chi connectivity index (χ1n) is 6.63. The van der Waals surface area contributed by atoms with Crippen LogP contribution in [0.5, 0.6) is 0 Å². The zero-order chi connectivity index (χ0) is 14.1. The van der Waals surface area contributed by atoms with Gasteiger partial charge in [-0.3, -0.25) is 5.10 Å². The lowest BCUT2D eigenvalue weighted by molar-refractivity contribution is 0.0599. The summed E-state index contributed by atoms with van der Waals surface area (Å²) in [6.07, 6.45) is 3.37. The fraction of sp³-hybridized carbons (Fsp3) is 0.333. The summed E-state index contributed by atoms with van der Waals surface area (Å²) in [5.74, 6) is 0.0447. The van der Waals surface area contributed by atoms with Crippen molar-refractivity contribution in [3.63, 3.8) is 0 Å². The number of nitrogens with zero attached hydrogens (tertiary/aromatic N) is 1. The second-order valence-electron chi connectivity index (χ2n) is 4.99. The lowest BCUT2D eigenvalue weighted by atomic mass is 9.81. The van der Waals surface area contributed by atoms with Crippen LogP contribution in [0, 0.1) is 0 Å². The Balaban J connectivity index is 2.08. The third-order valence-corrected chi connectivity index (χ3v) is 4.07. The molecule has 2 aromatic rings. The molecule has 1 heterocycles. The maximum absolute atomic E-state index is 12.1. The van der Waals surface area contributed by atoms with E-state index in [1.54, 1.807) is 12.1 Å². The van der Waals surface area contributed by atoms with Gasteiger partial charge in [-0.2, -0.15) is 5.10 Å². The predicted octanol–water partition coefficient (Wildman–Crippen LogP) is 3.78. The summed E-state index contributed by atoms with van der Waals surface area (Å²) in [6, 6.07) is 7.29. The predicted molar refractivity (Wildman–Crippen MR) is 77.0 cm³/mol. The summed E-state index contributed by atoms with van der Waals surface area (Å²) in [4.78, 5) is 12.1.